The van der Waals surface area contributed by atoms with Gasteiger partial charge < -0.3 is 9.47 Å². The molecule has 14 heteroatoms. The Balaban J connectivity index is 4.56. The van der Waals surface area contributed by atoms with Crippen molar-refractivity contribution in [1.82, 2.24) is 0 Å². The molecule has 0 aliphatic heterocycles. The van der Waals surface area contributed by atoms with E-state index in [9.17, 15) is 18.7 Å². The Morgan fingerprint density at radius 2 is 0.757 bits per heavy atom. The fraction of sp³-hybridized carbons (Fsp3) is 0.913. The van der Waals surface area contributed by atoms with Gasteiger partial charge in [-0.25, -0.2) is 18.2 Å². The first-order valence-electron chi connectivity index (χ1n) is 12.0. The zero-order valence-corrected chi connectivity index (χ0v) is 26.1. The number of hydrogen-bond acceptors (Lipinski definition) is 12. The minimum atomic E-state index is -4.02. The lowest BCUT2D eigenvalue weighted by Gasteiger charge is -2.30. The van der Waals surface area contributed by atoms with Gasteiger partial charge in [-0.15, -0.1) is 0 Å². The molecule has 220 valence electrons. The highest BCUT2D eigenvalue weighted by Gasteiger charge is 2.38. The Hall–Kier alpha value is -0.840. The zero-order chi connectivity index (χ0) is 29.3. The van der Waals surface area contributed by atoms with Crippen molar-refractivity contribution in [2.45, 2.75) is 125 Å². The Kier molecular flexibility index (Phi) is 13.7. The number of phosphoric acid groups is 2. The van der Waals surface area contributed by atoms with Crippen molar-refractivity contribution in [2.24, 2.45) is 0 Å². The van der Waals surface area contributed by atoms with Gasteiger partial charge in [-0.2, -0.15) is 0 Å². The molecular weight excluding hydrogens is 530 g/mol. The van der Waals surface area contributed by atoms with E-state index in [4.69, 9.17) is 36.6 Å². The second kappa shape index (κ2) is 14.0. The van der Waals surface area contributed by atoms with Crippen molar-refractivity contribution in [2.75, 3.05) is 13.6 Å². The standard InChI is InChI=1S/C23H46O12P2/c1-20(2,3)32-36(26,33-21(4,5)6)30-16-28-18(24)14-13-15-19(25)29-17-31-37(27,34-22(7,8)9)35-23(10,11)12/h13-17H2,1-12H3. The Bertz CT molecular complexity index is 721. The molecule has 0 bridgehead atoms. The topological polar surface area (TPSA) is 142 Å². The van der Waals surface area contributed by atoms with Gasteiger partial charge >= 0.3 is 27.6 Å². The number of hydrogen-bond donors (Lipinski definition) is 0. The Morgan fingerprint density at radius 3 is 0.973 bits per heavy atom. The van der Waals surface area contributed by atoms with E-state index >= 15 is 0 Å². The highest BCUT2D eigenvalue weighted by Crippen LogP contribution is 2.56. The third kappa shape index (κ3) is 20.8. The number of rotatable bonds is 14. The molecule has 0 aliphatic rings. The van der Waals surface area contributed by atoms with E-state index in [1.165, 1.54) is 0 Å². The maximum Gasteiger partial charge on any atom is 0.478 e. The molecule has 0 rings (SSSR count). The molecular formula is C23H46O12P2. The summed E-state index contributed by atoms with van der Waals surface area (Å²) in [6.07, 6.45) is -0.174. The van der Waals surface area contributed by atoms with Gasteiger partial charge in [-0.05, 0) is 89.5 Å². The second-order valence-electron chi connectivity index (χ2n) is 12.1. The summed E-state index contributed by atoms with van der Waals surface area (Å²) in [5.41, 5.74) is -3.33. The third-order valence-electron chi connectivity index (χ3n) is 3.17. The van der Waals surface area contributed by atoms with Crippen LogP contribution >= 0.6 is 15.6 Å². The van der Waals surface area contributed by atoms with Crippen LogP contribution in [0.5, 0.6) is 0 Å². The van der Waals surface area contributed by atoms with Crippen molar-refractivity contribution in [3.05, 3.63) is 0 Å². The van der Waals surface area contributed by atoms with Crippen LogP contribution < -0.4 is 0 Å². The number of carbonyl (C=O) groups is 2. The Morgan fingerprint density at radius 1 is 0.514 bits per heavy atom. The lowest BCUT2D eigenvalue weighted by atomic mass is 10.2. The molecule has 12 nitrogen and oxygen atoms in total. The summed E-state index contributed by atoms with van der Waals surface area (Å²) in [6, 6.07) is 0. The first-order valence-corrected chi connectivity index (χ1v) is 14.9. The maximum absolute atomic E-state index is 12.9. The summed E-state index contributed by atoms with van der Waals surface area (Å²) in [5, 5.41) is 0. The fourth-order valence-electron chi connectivity index (χ4n) is 2.32. The molecule has 0 aliphatic carbocycles. The molecule has 0 heterocycles. The van der Waals surface area contributed by atoms with Crippen molar-refractivity contribution in [3.63, 3.8) is 0 Å². The number of ether oxygens (including phenoxy) is 2. The number of carbonyl (C=O) groups excluding carboxylic acids is 2. The smallest absolute Gasteiger partial charge is 0.438 e. The molecule has 0 atom stereocenters. The summed E-state index contributed by atoms with van der Waals surface area (Å²) in [5.74, 6) is -1.38. The van der Waals surface area contributed by atoms with Crippen LogP contribution in [0.15, 0.2) is 0 Å². The van der Waals surface area contributed by atoms with Crippen LogP contribution in [0.4, 0.5) is 0 Å². The first kappa shape index (κ1) is 36.2. The summed E-state index contributed by atoms with van der Waals surface area (Å²) < 4.78 is 67.6. The van der Waals surface area contributed by atoms with Crippen LogP contribution in [-0.4, -0.2) is 47.9 Å². The number of esters is 2. The van der Waals surface area contributed by atoms with Gasteiger partial charge in [0.2, 0.25) is 13.6 Å². The van der Waals surface area contributed by atoms with Crippen LogP contribution in [-0.2, 0) is 55.3 Å². The average Bonchev–Trinajstić information content (AvgIpc) is 2.54. The summed E-state index contributed by atoms with van der Waals surface area (Å²) in [6.45, 7) is 18.8. The minimum Gasteiger partial charge on any atom is -0.438 e. The molecule has 0 amide bonds. The molecule has 0 saturated heterocycles. The monoisotopic (exact) mass is 576 g/mol. The van der Waals surface area contributed by atoms with Crippen LogP contribution in [0.2, 0.25) is 0 Å². The minimum absolute atomic E-state index is 0.0982. The van der Waals surface area contributed by atoms with Crippen LogP contribution in [0.25, 0.3) is 0 Å². The second-order valence-corrected chi connectivity index (χ2v) is 15.1. The number of phosphoric ester groups is 2. The molecule has 0 saturated carbocycles. The van der Waals surface area contributed by atoms with Gasteiger partial charge in [0.25, 0.3) is 0 Å². The fourth-order valence-corrected chi connectivity index (χ4v) is 5.65. The highest BCUT2D eigenvalue weighted by molar-refractivity contribution is 7.48. The van der Waals surface area contributed by atoms with Crippen LogP contribution in [0, 0.1) is 0 Å². The van der Waals surface area contributed by atoms with Gasteiger partial charge in [-0.1, -0.05) is 0 Å². The first-order chi connectivity index (χ1) is 16.3. The summed E-state index contributed by atoms with van der Waals surface area (Å²) >= 11 is 0. The van der Waals surface area contributed by atoms with Crippen LogP contribution in [0.3, 0.4) is 0 Å². The predicted octanol–water partition coefficient (Wildman–Crippen LogP) is 6.67. The maximum atomic E-state index is 12.9. The molecule has 37 heavy (non-hydrogen) atoms. The van der Waals surface area contributed by atoms with Gasteiger partial charge in [0, 0.05) is 12.8 Å². The molecule has 0 unspecified atom stereocenters. The van der Waals surface area contributed by atoms with E-state index in [0.29, 0.717) is 0 Å². The molecule has 0 spiro atoms. The molecule has 0 N–H and O–H groups in total. The van der Waals surface area contributed by atoms with Gasteiger partial charge in [0.1, 0.15) is 0 Å². The van der Waals surface area contributed by atoms with E-state index in [1.54, 1.807) is 83.1 Å². The van der Waals surface area contributed by atoms with E-state index in [-0.39, 0.29) is 19.3 Å². The van der Waals surface area contributed by atoms with Gasteiger partial charge in [-0.3, -0.25) is 27.7 Å². The SMILES string of the molecule is CC(C)(C)OP(=O)(OCOC(=O)CCCC(=O)OCOP(=O)(OC(C)(C)C)OC(C)(C)C)OC(C)(C)C. The molecule has 0 aromatic rings. The average molecular weight is 577 g/mol. The lowest BCUT2D eigenvalue weighted by molar-refractivity contribution is -0.153. The van der Waals surface area contributed by atoms with E-state index in [0.717, 1.165) is 0 Å². The van der Waals surface area contributed by atoms with Crippen molar-refractivity contribution in [1.29, 1.82) is 0 Å². The predicted molar refractivity (Wildman–Crippen MR) is 137 cm³/mol. The Labute approximate surface area is 221 Å². The quantitative estimate of drug-likeness (QED) is 0.124. The molecule has 0 aromatic carbocycles. The van der Waals surface area contributed by atoms with Gasteiger partial charge in [0.15, 0.2) is 0 Å². The van der Waals surface area contributed by atoms with Crippen molar-refractivity contribution >= 4 is 27.6 Å². The van der Waals surface area contributed by atoms with Gasteiger partial charge in [0.05, 0.1) is 22.4 Å². The van der Waals surface area contributed by atoms with Crippen molar-refractivity contribution in [3.8, 4) is 0 Å². The third-order valence-corrected chi connectivity index (χ3v) is 7.09. The lowest BCUT2D eigenvalue weighted by Crippen LogP contribution is -2.25. The van der Waals surface area contributed by atoms with E-state index in [1.807, 2.05) is 0 Å². The largest absolute Gasteiger partial charge is 0.478 e. The zero-order valence-electron chi connectivity index (χ0n) is 24.3. The highest BCUT2D eigenvalue weighted by atomic mass is 31.2. The normalized spacial score (nSPS) is 13.9. The summed E-state index contributed by atoms with van der Waals surface area (Å²) in [4.78, 5) is 23.9. The van der Waals surface area contributed by atoms with Crippen molar-refractivity contribution < 1.29 is 55.3 Å². The molecule has 0 radical (unpaired) electrons. The molecule has 0 fully saturated rings. The van der Waals surface area contributed by atoms with Crippen LogP contribution in [0.1, 0.15) is 102 Å². The van der Waals surface area contributed by atoms with E-state index < -0.39 is 63.6 Å². The summed E-state index contributed by atoms with van der Waals surface area (Å²) in [7, 11) is -8.04. The van der Waals surface area contributed by atoms with E-state index in [2.05, 4.69) is 0 Å². The molecule has 0 aromatic heterocycles.